The molecular formula is C9H15NO4S. The summed E-state index contributed by atoms with van der Waals surface area (Å²) >= 11 is 1.02. The molecule has 86 valence electrons. The zero-order chi connectivity index (χ0) is 11.7. The van der Waals surface area contributed by atoms with Gasteiger partial charge in [-0.1, -0.05) is 11.8 Å². The van der Waals surface area contributed by atoms with Crippen molar-refractivity contribution in [1.82, 2.24) is 5.32 Å². The lowest BCUT2D eigenvalue weighted by atomic mass is 10.5. The predicted molar refractivity (Wildman–Crippen MR) is 57.4 cm³/mol. The molecule has 0 aliphatic heterocycles. The van der Waals surface area contributed by atoms with Crippen molar-refractivity contribution < 1.29 is 19.1 Å². The Morgan fingerprint density at radius 2 is 2.00 bits per heavy atom. The minimum atomic E-state index is -0.505. The monoisotopic (exact) mass is 233 g/mol. The number of ether oxygens (including phenoxy) is 1. The lowest BCUT2D eigenvalue weighted by Crippen LogP contribution is -2.23. The van der Waals surface area contributed by atoms with E-state index in [4.69, 9.17) is 0 Å². The average molecular weight is 233 g/mol. The Bertz CT molecular complexity index is 242. The number of carbonyl (C=O) groups is 3. The SMILES string of the molecule is CCOC(=O)CC(=O)SCCNC(C)=O. The zero-order valence-electron chi connectivity index (χ0n) is 8.87. The molecule has 0 fully saturated rings. The van der Waals surface area contributed by atoms with Crippen molar-refractivity contribution in [2.24, 2.45) is 0 Å². The molecule has 0 aliphatic carbocycles. The Balaban J connectivity index is 3.49. The molecule has 0 heterocycles. The standard InChI is InChI=1S/C9H15NO4S/c1-3-14-8(12)6-9(13)15-5-4-10-7(2)11/h3-6H2,1-2H3,(H,10,11). The van der Waals surface area contributed by atoms with E-state index in [-0.39, 0.29) is 24.1 Å². The summed E-state index contributed by atoms with van der Waals surface area (Å²) in [7, 11) is 0. The molecule has 5 nitrogen and oxygen atoms in total. The fourth-order valence-corrected chi connectivity index (χ4v) is 1.42. The Morgan fingerprint density at radius 1 is 1.33 bits per heavy atom. The third-order valence-electron chi connectivity index (χ3n) is 1.33. The van der Waals surface area contributed by atoms with E-state index in [2.05, 4.69) is 10.1 Å². The molecule has 0 saturated heterocycles. The van der Waals surface area contributed by atoms with Crippen LogP contribution in [0.3, 0.4) is 0 Å². The van der Waals surface area contributed by atoms with E-state index >= 15 is 0 Å². The van der Waals surface area contributed by atoms with E-state index in [1.807, 2.05) is 0 Å². The highest BCUT2D eigenvalue weighted by Crippen LogP contribution is 2.05. The maximum absolute atomic E-state index is 11.1. The van der Waals surface area contributed by atoms with Gasteiger partial charge in [0, 0.05) is 19.2 Å². The van der Waals surface area contributed by atoms with Crippen molar-refractivity contribution in [3.63, 3.8) is 0 Å². The van der Waals surface area contributed by atoms with Gasteiger partial charge in [0.05, 0.1) is 6.61 Å². The van der Waals surface area contributed by atoms with E-state index in [0.29, 0.717) is 12.3 Å². The Labute approximate surface area is 92.9 Å². The molecule has 0 bridgehead atoms. The Hall–Kier alpha value is -1.04. The molecular weight excluding hydrogens is 218 g/mol. The molecule has 0 radical (unpaired) electrons. The van der Waals surface area contributed by atoms with E-state index in [9.17, 15) is 14.4 Å². The van der Waals surface area contributed by atoms with Gasteiger partial charge in [-0.2, -0.15) is 0 Å². The van der Waals surface area contributed by atoms with Gasteiger partial charge < -0.3 is 10.1 Å². The molecule has 0 rings (SSSR count). The van der Waals surface area contributed by atoms with Crippen LogP contribution in [0.4, 0.5) is 0 Å². The maximum Gasteiger partial charge on any atom is 0.314 e. The van der Waals surface area contributed by atoms with Gasteiger partial charge in [0.1, 0.15) is 6.42 Å². The van der Waals surface area contributed by atoms with Gasteiger partial charge in [-0.25, -0.2) is 0 Å². The summed E-state index contributed by atoms with van der Waals surface area (Å²) in [5.41, 5.74) is 0. The fourth-order valence-electron chi connectivity index (χ4n) is 0.773. The van der Waals surface area contributed by atoms with Gasteiger partial charge in [-0.05, 0) is 6.92 Å². The second-order valence-electron chi connectivity index (χ2n) is 2.69. The second kappa shape index (κ2) is 8.28. The number of nitrogens with one attached hydrogen (secondary N) is 1. The van der Waals surface area contributed by atoms with Crippen molar-refractivity contribution >= 4 is 28.8 Å². The van der Waals surface area contributed by atoms with Gasteiger partial charge in [-0.15, -0.1) is 0 Å². The molecule has 15 heavy (non-hydrogen) atoms. The smallest absolute Gasteiger partial charge is 0.314 e. The lowest BCUT2D eigenvalue weighted by molar-refractivity contribution is -0.144. The second-order valence-corrected chi connectivity index (χ2v) is 3.84. The van der Waals surface area contributed by atoms with Crippen LogP contribution in [0.25, 0.3) is 0 Å². The summed E-state index contributed by atoms with van der Waals surface area (Å²) in [4.78, 5) is 32.5. The van der Waals surface area contributed by atoms with Gasteiger partial charge in [0.15, 0.2) is 5.12 Å². The molecule has 0 aliphatic rings. The third kappa shape index (κ3) is 9.27. The number of carbonyl (C=O) groups excluding carboxylic acids is 3. The summed E-state index contributed by atoms with van der Waals surface area (Å²) in [6, 6.07) is 0. The van der Waals surface area contributed by atoms with Crippen molar-refractivity contribution in [3.8, 4) is 0 Å². The highest BCUT2D eigenvalue weighted by Gasteiger charge is 2.10. The van der Waals surface area contributed by atoms with Gasteiger partial charge in [0.2, 0.25) is 5.91 Å². The van der Waals surface area contributed by atoms with Crippen LogP contribution in [0, 0.1) is 0 Å². The first kappa shape index (κ1) is 14.0. The van der Waals surface area contributed by atoms with Gasteiger partial charge in [0.25, 0.3) is 0 Å². The lowest BCUT2D eigenvalue weighted by Gasteiger charge is -2.02. The van der Waals surface area contributed by atoms with Crippen LogP contribution in [0.1, 0.15) is 20.3 Å². The molecule has 0 aromatic heterocycles. The number of amides is 1. The first-order valence-corrected chi connectivity index (χ1v) is 5.60. The van der Waals surface area contributed by atoms with Crippen LogP contribution in [0.2, 0.25) is 0 Å². The summed E-state index contributed by atoms with van der Waals surface area (Å²) < 4.78 is 4.61. The van der Waals surface area contributed by atoms with Crippen molar-refractivity contribution in [2.75, 3.05) is 18.9 Å². The molecule has 0 unspecified atom stereocenters. The van der Waals surface area contributed by atoms with Crippen LogP contribution in [0.15, 0.2) is 0 Å². The molecule has 6 heteroatoms. The van der Waals surface area contributed by atoms with Gasteiger partial charge >= 0.3 is 5.97 Å². The molecule has 0 aromatic rings. The first-order chi connectivity index (χ1) is 7.06. The van der Waals surface area contributed by atoms with Crippen molar-refractivity contribution in [3.05, 3.63) is 0 Å². The van der Waals surface area contributed by atoms with Crippen molar-refractivity contribution in [1.29, 1.82) is 0 Å². The van der Waals surface area contributed by atoms with Crippen LogP contribution in [-0.4, -0.2) is 35.9 Å². The van der Waals surface area contributed by atoms with Crippen LogP contribution in [-0.2, 0) is 19.1 Å². The van der Waals surface area contributed by atoms with E-state index in [0.717, 1.165) is 11.8 Å². The van der Waals surface area contributed by atoms with E-state index in [1.165, 1.54) is 6.92 Å². The largest absolute Gasteiger partial charge is 0.466 e. The number of rotatable bonds is 6. The predicted octanol–water partition coefficient (Wildman–Crippen LogP) is 0.336. The van der Waals surface area contributed by atoms with Crippen LogP contribution in [0.5, 0.6) is 0 Å². The molecule has 0 saturated carbocycles. The number of hydrogen-bond donors (Lipinski definition) is 1. The third-order valence-corrected chi connectivity index (χ3v) is 2.21. The number of hydrogen-bond acceptors (Lipinski definition) is 5. The van der Waals surface area contributed by atoms with Crippen molar-refractivity contribution in [2.45, 2.75) is 20.3 Å². The van der Waals surface area contributed by atoms with Crippen LogP contribution >= 0.6 is 11.8 Å². The molecule has 0 aromatic carbocycles. The first-order valence-electron chi connectivity index (χ1n) is 4.62. The quantitative estimate of drug-likeness (QED) is 0.407. The number of thioether (sulfide) groups is 1. The summed E-state index contributed by atoms with van der Waals surface area (Å²) in [5, 5.41) is 2.31. The molecule has 1 amide bonds. The summed E-state index contributed by atoms with van der Waals surface area (Å²) in [5.74, 6) is -0.166. The molecule has 0 spiro atoms. The number of esters is 1. The Morgan fingerprint density at radius 3 is 2.53 bits per heavy atom. The maximum atomic E-state index is 11.1. The van der Waals surface area contributed by atoms with E-state index in [1.54, 1.807) is 6.92 Å². The minimum Gasteiger partial charge on any atom is -0.466 e. The normalized spacial score (nSPS) is 9.47. The topological polar surface area (TPSA) is 72.5 Å². The van der Waals surface area contributed by atoms with E-state index < -0.39 is 5.97 Å². The zero-order valence-corrected chi connectivity index (χ0v) is 9.69. The Kier molecular flexibility index (Phi) is 7.71. The molecule has 0 atom stereocenters. The summed E-state index contributed by atoms with van der Waals surface area (Å²) in [6.45, 7) is 3.80. The van der Waals surface area contributed by atoms with Gasteiger partial charge in [-0.3, -0.25) is 14.4 Å². The highest BCUT2D eigenvalue weighted by molar-refractivity contribution is 8.13. The highest BCUT2D eigenvalue weighted by atomic mass is 32.2. The average Bonchev–Trinajstić information content (AvgIpc) is 2.12. The fraction of sp³-hybridized carbons (Fsp3) is 0.667. The minimum absolute atomic E-state index is 0.131. The summed E-state index contributed by atoms with van der Waals surface area (Å²) in [6.07, 6.45) is -0.210. The molecule has 1 N–H and O–H groups in total. The van der Waals surface area contributed by atoms with Crippen LogP contribution < -0.4 is 5.32 Å².